The Morgan fingerprint density at radius 2 is 1.69 bits per heavy atom. The Kier molecular flexibility index (Phi) is 7.02. The standard InChI is InChI=1S/C20H24N2O4/c1-4-14(2)21-20(24)15-9-5-6-10-16(15)22-19(23)13-26-18-12-8-7-11-17(18)25-3/h5-12,14H,4,13H2,1-3H3,(H,21,24)(H,22,23). The number of ether oxygens (including phenoxy) is 2. The average Bonchev–Trinajstić information content (AvgIpc) is 2.66. The number of methoxy groups -OCH3 is 1. The van der Waals surface area contributed by atoms with E-state index in [1.165, 1.54) is 7.11 Å². The molecule has 2 rings (SSSR count). The van der Waals surface area contributed by atoms with Crippen LogP contribution in [0.4, 0.5) is 5.69 Å². The van der Waals surface area contributed by atoms with Gasteiger partial charge in [-0.1, -0.05) is 31.2 Å². The van der Waals surface area contributed by atoms with Crippen molar-refractivity contribution >= 4 is 17.5 Å². The third-order valence-electron chi connectivity index (χ3n) is 3.86. The molecule has 0 saturated carbocycles. The van der Waals surface area contributed by atoms with Gasteiger partial charge in [0.1, 0.15) is 0 Å². The molecule has 0 aliphatic carbocycles. The van der Waals surface area contributed by atoms with Gasteiger partial charge in [0.25, 0.3) is 11.8 Å². The molecule has 1 atom stereocenters. The first-order chi connectivity index (χ1) is 12.5. The van der Waals surface area contributed by atoms with Gasteiger partial charge in [0.2, 0.25) is 0 Å². The molecule has 2 N–H and O–H groups in total. The molecule has 0 saturated heterocycles. The average molecular weight is 356 g/mol. The zero-order valence-electron chi connectivity index (χ0n) is 15.2. The third kappa shape index (κ3) is 5.24. The Morgan fingerprint density at radius 3 is 2.38 bits per heavy atom. The maximum Gasteiger partial charge on any atom is 0.262 e. The van der Waals surface area contributed by atoms with Crippen molar-refractivity contribution in [3.8, 4) is 11.5 Å². The van der Waals surface area contributed by atoms with Crippen molar-refractivity contribution < 1.29 is 19.1 Å². The first-order valence-corrected chi connectivity index (χ1v) is 8.50. The predicted octanol–water partition coefficient (Wildman–Crippen LogP) is 3.24. The van der Waals surface area contributed by atoms with Crippen LogP contribution < -0.4 is 20.1 Å². The molecule has 0 spiro atoms. The number of anilines is 1. The Bertz CT molecular complexity index is 761. The van der Waals surface area contributed by atoms with Crippen LogP contribution >= 0.6 is 0 Å². The van der Waals surface area contributed by atoms with Gasteiger partial charge in [-0.05, 0) is 37.6 Å². The van der Waals surface area contributed by atoms with Crippen molar-refractivity contribution in [3.63, 3.8) is 0 Å². The Morgan fingerprint density at radius 1 is 1.04 bits per heavy atom. The monoisotopic (exact) mass is 356 g/mol. The van der Waals surface area contributed by atoms with Crippen molar-refractivity contribution in [2.75, 3.05) is 19.0 Å². The van der Waals surface area contributed by atoms with Crippen LogP contribution in [0.1, 0.15) is 30.6 Å². The number of nitrogens with one attached hydrogen (secondary N) is 2. The van der Waals surface area contributed by atoms with E-state index in [9.17, 15) is 9.59 Å². The fraction of sp³-hybridized carbons (Fsp3) is 0.300. The molecule has 26 heavy (non-hydrogen) atoms. The van der Waals surface area contributed by atoms with E-state index in [0.29, 0.717) is 22.7 Å². The first kappa shape index (κ1) is 19.3. The molecule has 0 aromatic heterocycles. The Labute approximate surface area is 153 Å². The third-order valence-corrected chi connectivity index (χ3v) is 3.86. The van der Waals surface area contributed by atoms with Crippen molar-refractivity contribution in [3.05, 3.63) is 54.1 Å². The number of carbonyl (C=O) groups is 2. The van der Waals surface area contributed by atoms with Crippen LogP contribution in [0.2, 0.25) is 0 Å². The van der Waals surface area contributed by atoms with Crippen LogP contribution in [-0.4, -0.2) is 31.6 Å². The van der Waals surface area contributed by atoms with E-state index >= 15 is 0 Å². The van der Waals surface area contributed by atoms with E-state index in [4.69, 9.17) is 9.47 Å². The topological polar surface area (TPSA) is 76.7 Å². The van der Waals surface area contributed by atoms with Crippen molar-refractivity contribution in [1.82, 2.24) is 5.32 Å². The Balaban J connectivity index is 2.02. The second-order valence-electron chi connectivity index (χ2n) is 5.82. The van der Waals surface area contributed by atoms with E-state index in [-0.39, 0.29) is 24.5 Å². The summed E-state index contributed by atoms with van der Waals surface area (Å²) < 4.78 is 10.7. The first-order valence-electron chi connectivity index (χ1n) is 8.50. The van der Waals surface area contributed by atoms with Crippen molar-refractivity contribution in [1.29, 1.82) is 0 Å². The van der Waals surface area contributed by atoms with Crippen LogP contribution in [-0.2, 0) is 4.79 Å². The van der Waals surface area contributed by atoms with E-state index < -0.39 is 0 Å². The number of rotatable bonds is 8. The lowest BCUT2D eigenvalue weighted by Gasteiger charge is -2.15. The van der Waals surface area contributed by atoms with E-state index in [1.54, 1.807) is 42.5 Å². The summed E-state index contributed by atoms with van der Waals surface area (Å²) in [5, 5.41) is 5.62. The number of hydrogen-bond acceptors (Lipinski definition) is 4. The van der Waals surface area contributed by atoms with Crippen LogP contribution in [0.15, 0.2) is 48.5 Å². The number of amides is 2. The highest BCUT2D eigenvalue weighted by atomic mass is 16.5. The second-order valence-corrected chi connectivity index (χ2v) is 5.82. The normalized spacial score (nSPS) is 11.3. The van der Waals surface area contributed by atoms with Gasteiger partial charge in [-0.15, -0.1) is 0 Å². The van der Waals surface area contributed by atoms with Gasteiger partial charge in [-0.2, -0.15) is 0 Å². The lowest BCUT2D eigenvalue weighted by molar-refractivity contribution is -0.118. The number of hydrogen-bond donors (Lipinski definition) is 2. The highest BCUT2D eigenvalue weighted by molar-refractivity contribution is 6.04. The molecule has 1 unspecified atom stereocenters. The lowest BCUT2D eigenvalue weighted by Crippen LogP contribution is -2.33. The van der Waals surface area contributed by atoms with Gasteiger partial charge in [0.15, 0.2) is 18.1 Å². The van der Waals surface area contributed by atoms with E-state index in [2.05, 4.69) is 10.6 Å². The van der Waals surface area contributed by atoms with Crippen LogP contribution in [0.5, 0.6) is 11.5 Å². The number of benzene rings is 2. The van der Waals surface area contributed by atoms with Crippen molar-refractivity contribution in [2.45, 2.75) is 26.3 Å². The summed E-state index contributed by atoms with van der Waals surface area (Å²) in [4.78, 5) is 24.6. The molecule has 2 aromatic carbocycles. The maximum atomic E-state index is 12.4. The lowest BCUT2D eigenvalue weighted by atomic mass is 10.1. The molecule has 138 valence electrons. The minimum atomic E-state index is -0.361. The van der Waals surface area contributed by atoms with Crippen LogP contribution in [0.25, 0.3) is 0 Å². The fourth-order valence-corrected chi connectivity index (χ4v) is 2.26. The molecular weight excluding hydrogens is 332 g/mol. The zero-order chi connectivity index (χ0) is 18.9. The maximum absolute atomic E-state index is 12.4. The summed E-state index contributed by atoms with van der Waals surface area (Å²) >= 11 is 0. The van der Waals surface area contributed by atoms with Gasteiger partial charge in [-0.3, -0.25) is 9.59 Å². The Hall–Kier alpha value is -3.02. The van der Waals surface area contributed by atoms with E-state index in [0.717, 1.165) is 6.42 Å². The molecule has 6 nitrogen and oxygen atoms in total. The van der Waals surface area contributed by atoms with E-state index in [1.807, 2.05) is 19.9 Å². The molecule has 0 aliphatic heterocycles. The molecule has 0 radical (unpaired) electrons. The summed E-state index contributed by atoms with van der Waals surface area (Å²) in [5.74, 6) is 0.446. The predicted molar refractivity (Wildman–Crippen MR) is 101 cm³/mol. The van der Waals surface area contributed by atoms with Crippen LogP contribution in [0, 0.1) is 0 Å². The number of carbonyl (C=O) groups excluding carboxylic acids is 2. The highest BCUT2D eigenvalue weighted by Crippen LogP contribution is 2.25. The van der Waals surface area contributed by atoms with Gasteiger partial charge in [0, 0.05) is 6.04 Å². The summed E-state index contributed by atoms with van der Waals surface area (Å²) in [6.45, 7) is 3.73. The van der Waals surface area contributed by atoms with Gasteiger partial charge in [0.05, 0.1) is 18.4 Å². The summed E-state index contributed by atoms with van der Waals surface area (Å²) in [6.07, 6.45) is 0.826. The van der Waals surface area contributed by atoms with Crippen molar-refractivity contribution in [2.24, 2.45) is 0 Å². The largest absolute Gasteiger partial charge is 0.493 e. The minimum absolute atomic E-state index is 0.0557. The molecule has 2 aromatic rings. The van der Waals surface area contributed by atoms with Gasteiger partial charge < -0.3 is 20.1 Å². The quantitative estimate of drug-likeness (QED) is 0.761. The summed E-state index contributed by atoms with van der Waals surface area (Å²) in [6, 6.07) is 14.0. The molecular formula is C20H24N2O4. The summed E-state index contributed by atoms with van der Waals surface area (Å²) in [7, 11) is 1.54. The molecule has 2 amide bonds. The van der Waals surface area contributed by atoms with Gasteiger partial charge >= 0.3 is 0 Å². The van der Waals surface area contributed by atoms with Gasteiger partial charge in [-0.25, -0.2) is 0 Å². The summed E-state index contributed by atoms with van der Waals surface area (Å²) in [5.41, 5.74) is 0.861. The highest BCUT2D eigenvalue weighted by Gasteiger charge is 2.15. The molecule has 0 heterocycles. The molecule has 0 bridgehead atoms. The number of para-hydroxylation sites is 3. The smallest absolute Gasteiger partial charge is 0.262 e. The SMILES string of the molecule is CCC(C)NC(=O)c1ccccc1NC(=O)COc1ccccc1OC. The minimum Gasteiger partial charge on any atom is -0.493 e. The molecule has 0 fully saturated rings. The van der Waals surface area contributed by atoms with Crippen LogP contribution in [0.3, 0.4) is 0 Å². The fourth-order valence-electron chi connectivity index (χ4n) is 2.26. The zero-order valence-corrected chi connectivity index (χ0v) is 15.2. The molecule has 0 aliphatic rings. The second kappa shape index (κ2) is 9.46. The molecule has 6 heteroatoms.